The molecule has 1 aromatic rings. The Kier molecular flexibility index (Phi) is 7.40. The topological polar surface area (TPSA) is 12.9 Å². The summed E-state index contributed by atoms with van der Waals surface area (Å²) in [5.74, 6) is 0. The first kappa shape index (κ1) is 13.0. The number of nitrogens with zero attached hydrogens (tertiary/aromatic N) is 1. The van der Waals surface area contributed by atoms with Crippen LogP contribution in [-0.2, 0) is 0 Å². The molecular formula is C15H23N. The highest BCUT2D eigenvalue weighted by Crippen LogP contribution is 2.08. The Hall–Kier alpha value is -1.11. The van der Waals surface area contributed by atoms with Gasteiger partial charge in [-0.25, -0.2) is 0 Å². The van der Waals surface area contributed by atoms with Crippen LogP contribution in [0, 0.1) is 0 Å². The third-order valence-corrected chi connectivity index (χ3v) is 2.72. The SMILES string of the molecule is CCCCCCCCC=Cc1cccnc1. The van der Waals surface area contributed by atoms with Gasteiger partial charge in [0, 0.05) is 12.4 Å². The Labute approximate surface area is 99.6 Å². The molecule has 0 N–H and O–H groups in total. The first-order chi connectivity index (χ1) is 7.93. The molecule has 0 aromatic carbocycles. The van der Waals surface area contributed by atoms with Crippen molar-refractivity contribution in [1.29, 1.82) is 0 Å². The molecule has 1 nitrogen and oxygen atoms in total. The average Bonchev–Trinajstić information content (AvgIpc) is 2.34. The molecule has 1 heterocycles. The van der Waals surface area contributed by atoms with E-state index >= 15 is 0 Å². The predicted molar refractivity (Wildman–Crippen MR) is 71.3 cm³/mol. The highest BCUT2D eigenvalue weighted by atomic mass is 14.6. The van der Waals surface area contributed by atoms with Crippen LogP contribution in [0.5, 0.6) is 0 Å². The maximum Gasteiger partial charge on any atom is 0.0340 e. The fraction of sp³-hybridized carbons (Fsp3) is 0.533. The van der Waals surface area contributed by atoms with Crippen LogP contribution in [0.4, 0.5) is 0 Å². The Morgan fingerprint density at radius 1 is 1.12 bits per heavy atom. The van der Waals surface area contributed by atoms with Gasteiger partial charge in [-0.1, -0.05) is 57.2 Å². The van der Waals surface area contributed by atoms with Crippen molar-refractivity contribution in [2.75, 3.05) is 0 Å². The van der Waals surface area contributed by atoms with E-state index in [1.165, 1.54) is 50.5 Å². The van der Waals surface area contributed by atoms with Gasteiger partial charge >= 0.3 is 0 Å². The smallest absolute Gasteiger partial charge is 0.0340 e. The number of rotatable bonds is 8. The number of hydrogen-bond acceptors (Lipinski definition) is 1. The third kappa shape index (κ3) is 6.39. The van der Waals surface area contributed by atoms with Gasteiger partial charge in [-0.05, 0) is 24.5 Å². The molecule has 1 heteroatoms. The molecule has 0 radical (unpaired) electrons. The van der Waals surface area contributed by atoms with E-state index in [0.29, 0.717) is 0 Å². The van der Waals surface area contributed by atoms with Crippen molar-refractivity contribution in [2.45, 2.75) is 51.9 Å². The van der Waals surface area contributed by atoms with Crippen LogP contribution in [0.3, 0.4) is 0 Å². The van der Waals surface area contributed by atoms with Gasteiger partial charge in [0.25, 0.3) is 0 Å². The van der Waals surface area contributed by atoms with Gasteiger partial charge in [-0.15, -0.1) is 0 Å². The average molecular weight is 217 g/mol. The maximum atomic E-state index is 4.08. The van der Waals surface area contributed by atoms with E-state index in [9.17, 15) is 0 Å². The van der Waals surface area contributed by atoms with Gasteiger partial charge in [-0.3, -0.25) is 4.98 Å². The second kappa shape index (κ2) is 9.14. The molecule has 0 amide bonds. The van der Waals surface area contributed by atoms with Gasteiger partial charge < -0.3 is 0 Å². The Morgan fingerprint density at radius 2 is 1.94 bits per heavy atom. The molecule has 0 bridgehead atoms. The van der Waals surface area contributed by atoms with Crippen LogP contribution >= 0.6 is 0 Å². The lowest BCUT2D eigenvalue weighted by Crippen LogP contribution is -1.78. The lowest BCUT2D eigenvalue weighted by Gasteiger charge is -1.97. The van der Waals surface area contributed by atoms with Gasteiger partial charge in [-0.2, -0.15) is 0 Å². The van der Waals surface area contributed by atoms with Crippen molar-refractivity contribution < 1.29 is 0 Å². The molecule has 88 valence electrons. The van der Waals surface area contributed by atoms with Crippen molar-refractivity contribution in [3.8, 4) is 0 Å². The predicted octanol–water partition coefficient (Wildman–Crippen LogP) is 4.85. The fourth-order valence-electron chi connectivity index (χ4n) is 1.74. The summed E-state index contributed by atoms with van der Waals surface area (Å²) in [6.45, 7) is 2.26. The van der Waals surface area contributed by atoms with Gasteiger partial charge in [0.15, 0.2) is 0 Å². The first-order valence-electron chi connectivity index (χ1n) is 6.50. The normalized spacial score (nSPS) is 11.1. The second-order valence-electron chi connectivity index (χ2n) is 4.25. The molecule has 0 aliphatic heterocycles. The fourth-order valence-corrected chi connectivity index (χ4v) is 1.74. The number of hydrogen-bond donors (Lipinski definition) is 0. The maximum absolute atomic E-state index is 4.08. The molecule has 0 aliphatic carbocycles. The highest BCUT2D eigenvalue weighted by molar-refractivity contribution is 5.46. The van der Waals surface area contributed by atoms with Crippen LogP contribution < -0.4 is 0 Å². The summed E-state index contributed by atoms with van der Waals surface area (Å²) in [6, 6.07) is 4.06. The quantitative estimate of drug-likeness (QED) is 0.567. The second-order valence-corrected chi connectivity index (χ2v) is 4.25. The van der Waals surface area contributed by atoms with Crippen molar-refractivity contribution >= 4 is 6.08 Å². The third-order valence-electron chi connectivity index (χ3n) is 2.72. The summed E-state index contributed by atoms with van der Waals surface area (Å²) >= 11 is 0. The number of unbranched alkanes of at least 4 members (excludes halogenated alkanes) is 6. The summed E-state index contributed by atoms with van der Waals surface area (Å²) in [5.41, 5.74) is 1.20. The zero-order chi connectivity index (χ0) is 11.5. The van der Waals surface area contributed by atoms with Crippen LogP contribution in [0.1, 0.15) is 57.4 Å². The van der Waals surface area contributed by atoms with Crippen LogP contribution in [0.2, 0.25) is 0 Å². The molecule has 1 rings (SSSR count). The Morgan fingerprint density at radius 3 is 2.69 bits per heavy atom. The highest BCUT2D eigenvalue weighted by Gasteiger charge is 1.88. The largest absolute Gasteiger partial charge is 0.264 e. The lowest BCUT2D eigenvalue weighted by molar-refractivity contribution is 0.611. The molecule has 0 spiro atoms. The van der Waals surface area contributed by atoms with Gasteiger partial charge in [0.2, 0.25) is 0 Å². The number of aromatic nitrogens is 1. The standard InChI is InChI=1S/C15H23N/c1-2-3-4-5-6-7-8-9-11-15-12-10-13-16-14-15/h9-14H,2-8H2,1H3. The molecule has 1 aromatic heterocycles. The molecule has 16 heavy (non-hydrogen) atoms. The Balaban J connectivity index is 2.01. The molecule has 0 saturated carbocycles. The minimum atomic E-state index is 1.20. The zero-order valence-corrected chi connectivity index (χ0v) is 10.4. The van der Waals surface area contributed by atoms with Crippen LogP contribution in [0.25, 0.3) is 6.08 Å². The van der Waals surface area contributed by atoms with Crippen LogP contribution in [0.15, 0.2) is 30.6 Å². The van der Waals surface area contributed by atoms with E-state index in [4.69, 9.17) is 0 Å². The molecule has 0 fully saturated rings. The lowest BCUT2D eigenvalue weighted by atomic mass is 10.1. The number of pyridine rings is 1. The van der Waals surface area contributed by atoms with E-state index in [1.54, 1.807) is 0 Å². The first-order valence-corrected chi connectivity index (χ1v) is 6.50. The summed E-state index contributed by atoms with van der Waals surface area (Å²) in [5, 5.41) is 0. The van der Waals surface area contributed by atoms with E-state index in [0.717, 1.165) is 0 Å². The minimum Gasteiger partial charge on any atom is -0.264 e. The van der Waals surface area contributed by atoms with E-state index in [2.05, 4.69) is 30.1 Å². The molecule has 0 atom stereocenters. The van der Waals surface area contributed by atoms with Gasteiger partial charge in [0.1, 0.15) is 0 Å². The molecule has 0 unspecified atom stereocenters. The molecular weight excluding hydrogens is 194 g/mol. The van der Waals surface area contributed by atoms with E-state index in [1.807, 2.05) is 18.5 Å². The Bertz CT molecular complexity index is 277. The minimum absolute atomic E-state index is 1.20. The van der Waals surface area contributed by atoms with Crippen molar-refractivity contribution in [3.63, 3.8) is 0 Å². The summed E-state index contributed by atoms with van der Waals surface area (Å²) in [7, 11) is 0. The number of allylic oxidation sites excluding steroid dienone is 1. The van der Waals surface area contributed by atoms with Crippen LogP contribution in [-0.4, -0.2) is 4.98 Å². The van der Waals surface area contributed by atoms with Gasteiger partial charge in [0.05, 0.1) is 0 Å². The summed E-state index contributed by atoms with van der Waals surface area (Å²) in [4.78, 5) is 4.08. The van der Waals surface area contributed by atoms with E-state index < -0.39 is 0 Å². The van der Waals surface area contributed by atoms with E-state index in [-0.39, 0.29) is 0 Å². The van der Waals surface area contributed by atoms with Crippen molar-refractivity contribution in [1.82, 2.24) is 4.98 Å². The van der Waals surface area contributed by atoms with Crippen molar-refractivity contribution in [2.24, 2.45) is 0 Å². The summed E-state index contributed by atoms with van der Waals surface area (Å²) < 4.78 is 0. The van der Waals surface area contributed by atoms with Crippen molar-refractivity contribution in [3.05, 3.63) is 36.2 Å². The molecule has 0 saturated heterocycles. The summed E-state index contributed by atoms with van der Waals surface area (Å²) in [6.07, 6.45) is 17.6. The monoisotopic (exact) mass is 217 g/mol. The zero-order valence-electron chi connectivity index (χ0n) is 10.4. The molecule has 0 aliphatic rings.